The Bertz CT molecular complexity index is 857. The quantitative estimate of drug-likeness (QED) is 0.671. The highest BCUT2D eigenvalue weighted by atomic mass is 35.5. The first-order chi connectivity index (χ1) is 11.5. The van der Waals surface area contributed by atoms with Crippen molar-refractivity contribution >= 4 is 34.5 Å². The lowest BCUT2D eigenvalue weighted by atomic mass is 9.96. The second-order valence-corrected chi connectivity index (χ2v) is 6.14. The van der Waals surface area contributed by atoms with Crippen molar-refractivity contribution < 1.29 is 4.39 Å². The molecular formula is C19H15Cl2FN2. The molecule has 0 N–H and O–H groups in total. The predicted octanol–water partition coefficient (Wildman–Crippen LogP) is 5.96. The molecule has 0 saturated carbocycles. The molecule has 1 aliphatic rings. The molecule has 2 nitrogen and oxygen atoms in total. The van der Waals surface area contributed by atoms with Gasteiger partial charge in [0.15, 0.2) is 0 Å². The molecule has 1 aromatic heterocycles. The first kappa shape index (κ1) is 16.7. The molecule has 0 radical (unpaired) electrons. The largest absolute Gasteiger partial charge is 0.338 e. The molecule has 0 bridgehead atoms. The fourth-order valence-corrected chi connectivity index (χ4v) is 3.19. The van der Waals surface area contributed by atoms with Gasteiger partial charge in [-0.25, -0.2) is 4.39 Å². The molecule has 0 spiro atoms. The number of aromatic nitrogens is 1. The van der Waals surface area contributed by atoms with Crippen LogP contribution in [0.25, 0.3) is 11.3 Å². The van der Waals surface area contributed by atoms with Crippen molar-refractivity contribution in [1.82, 2.24) is 9.88 Å². The lowest BCUT2D eigenvalue weighted by molar-refractivity contribution is 0.477. The van der Waals surface area contributed by atoms with E-state index in [4.69, 9.17) is 23.2 Å². The van der Waals surface area contributed by atoms with Crippen molar-refractivity contribution in [1.29, 1.82) is 0 Å². The van der Waals surface area contributed by atoms with E-state index >= 15 is 0 Å². The minimum absolute atomic E-state index is 0.292. The number of rotatable bonds is 3. The minimum Gasteiger partial charge on any atom is -0.338 e. The van der Waals surface area contributed by atoms with Crippen LogP contribution in [0, 0.1) is 0 Å². The molecule has 0 unspecified atom stereocenters. The van der Waals surface area contributed by atoms with Gasteiger partial charge in [-0.3, -0.25) is 4.98 Å². The van der Waals surface area contributed by atoms with Crippen molar-refractivity contribution in [2.75, 3.05) is 6.54 Å². The summed E-state index contributed by atoms with van der Waals surface area (Å²) in [6.45, 7) is 6.31. The molecular weight excluding hydrogens is 346 g/mol. The highest BCUT2D eigenvalue weighted by molar-refractivity contribution is 6.35. The smallest absolute Gasteiger partial charge is 0.146 e. The zero-order valence-corrected chi connectivity index (χ0v) is 14.6. The van der Waals surface area contributed by atoms with E-state index in [0.717, 1.165) is 11.3 Å². The van der Waals surface area contributed by atoms with Crippen LogP contribution in [0.5, 0.6) is 0 Å². The van der Waals surface area contributed by atoms with E-state index in [1.165, 1.54) is 12.3 Å². The maximum absolute atomic E-state index is 14.4. The Morgan fingerprint density at radius 2 is 1.92 bits per heavy atom. The van der Waals surface area contributed by atoms with E-state index < -0.39 is 0 Å². The van der Waals surface area contributed by atoms with Crippen LogP contribution < -0.4 is 0 Å². The van der Waals surface area contributed by atoms with Gasteiger partial charge in [0.2, 0.25) is 0 Å². The Morgan fingerprint density at radius 3 is 2.54 bits per heavy atom. The van der Waals surface area contributed by atoms with Gasteiger partial charge in [-0.15, -0.1) is 0 Å². The van der Waals surface area contributed by atoms with Crippen LogP contribution in [-0.4, -0.2) is 16.4 Å². The van der Waals surface area contributed by atoms with Crippen molar-refractivity contribution in [3.8, 4) is 0 Å². The topological polar surface area (TPSA) is 16.1 Å². The van der Waals surface area contributed by atoms with Gasteiger partial charge in [0.05, 0.1) is 21.4 Å². The van der Waals surface area contributed by atoms with Crippen molar-refractivity contribution in [2.45, 2.75) is 6.92 Å². The Morgan fingerprint density at radius 1 is 1.21 bits per heavy atom. The number of halogens is 3. The summed E-state index contributed by atoms with van der Waals surface area (Å²) < 4.78 is 14.4. The predicted molar refractivity (Wildman–Crippen MR) is 98.2 cm³/mol. The molecule has 1 aromatic carbocycles. The fourth-order valence-electron chi connectivity index (χ4n) is 2.72. The van der Waals surface area contributed by atoms with Gasteiger partial charge < -0.3 is 4.90 Å². The van der Waals surface area contributed by atoms with Crippen molar-refractivity contribution in [3.63, 3.8) is 0 Å². The summed E-state index contributed by atoms with van der Waals surface area (Å²) in [4.78, 5) is 6.16. The van der Waals surface area contributed by atoms with Crippen LogP contribution in [0.15, 0.2) is 66.8 Å². The van der Waals surface area contributed by atoms with Crippen LogP contribution in [0.3, 0.4) is 0 Å². The number of hydrogen-bond acceptors (Lipinski definition) is 2. The van der Waals surface area contributed by atoms with Gasteiger partial charge in [-0.05, 0) is 24.6 Å². The number of nitrogens with zero attached hydrogens (tertiary/aromatic N) is 2. The third-order valence-corrected chi connectivity index (χ3v) is 4.33. The van der Waals surface area contributed by atoms with Crippen LogP contribution >= 0.6 is 23.2 Å². The second kappa shape index (κ2) is 6.80. The summed E-state index contributed by atoms with van der Waals surface area (Å²) in [6.07, 6.45) is 3.01. The molecule has 0 fully saturated rings. The van der Waals surface area contributed by atoms with Crippen LogP contribution in [0.2, 0.25) is 10.0 Å². The molecule has 5 heteroatoms. The molecule has 0 aliphatic carbocycles. The van der Waals surface area contributed by atoms with Crippen molar-refractivity contribution in [3.05, 3.63) is 88.1 Å². The van der Waals surface area contributed by atoms with Gasteiger partial charge in [0, 0.05) is 18.3 Å². The Labute approximate surface area is 150 Å². The molecule has 24 heavy (non-hydrogen) atoms. The first-order valence-electron chi connectivity index (χ1n) is 7.48. The molecule has 0 saturated heterocycles. The van der Waals surface area contributed by atoms with Gasteiger partial charge in [-0.1, -0.05) is 60.1 Å². The van der Waals surface area contributed by atoms with E-state index in [9.17, 15) is 4.39 Å². The molecule has 1 aliphatic heterocycles. The summed E-state index contributed by atoms with van der Waals surface area (Å²) in [5.74, 6) is -0.371. The standard InChI is InChI=1S/C19H15Cl2FN2/c1-3-24-12(2)17(22)10-15(13-7-5-4-6-8-13)19(24)18-16(21)9-14(20)11-23-18/h4-11H,2-3H2,1H3. The van der Waals surface area contributed by atoms with E-state index in [1.807, 2.05) is 37.3 Å². The monoisotopic (exact) mass is 360 g/mol. The Balaban J connectivity index is 2.32. The van der Waals surface area contributed by atoms with Crippen LogP contribution in [0.4, 0.5) is 4.39 Å². The highest BCUT2D eigenvalue weighted by Gasteiger charge is 2.27. The third-order valence-electron chi connectivity index (χ3n) is 3.83. The van der Waals surface area contributed by atoms with Gasteiger partial charge in [0.25, 0.3) is 0 Å². The third kappa shape index (κ3) is 2.97. The van der Waals surface area contributed by atoms with Crippen LogP contribution in [-0.2, 0) is 0 Å². The van der Waals surface area contributed by atoms with E-state index in [1.54, 1.807) is 11.0 Å². The lowest BCUT2D eigenvalue weighted by Crippen LogP contribution is -2.25. The second-order valence-electron chi connectivity index (χ2n) is 5.30. The Hall–Kier alpha value is -2.10. The minimum atomic E-state index is -0.371. The number of pyridine rings is 1. The maximum Gasteiger partial charge on any atom is 0.146 e. The summed E-state index contributed by atoms with van der Waals surface area (Å²) >= 11 is 12.3. The molecule has 2 aromatic rings. The molecule has 3 rings (SSSR count). The summed E-state index contributed by atoms with van der Waals surface area (Å²) in [6, 6.07) is 11.2. The normalized spacial score (nSPS) is 14.9. The molecule has 2 heterocycles. The summed E-state index contributed by atoms with van der Waals surface area (Å²) in [5.41, 5.74) is 3.14. The number of allylic oxidation sites excluding steroid dienone is 3. The lowest BCUT2D eigenvalue weighted by Gasteiger charge is -2.32. The molecule has 0 amide bonds. The fraction of sp³-hybridized carbons (Fsp3) is 0.105. The van der Waals surface area contributed by atoms with Crippen molar-refractivity contribution in [2.24, 2.45) is 0 Å². The van der Waals surface area contributed by atoms with E-state index in [2.05, 4.69) is 11.6 Å². The number of hydrogen-bond donors (Lipinski definition) is 0. The average molecular weight is 361 g/mol. The summed E-state index contributed by atoms with van der Waals surface area (Å²) in [5, 5.41) is 0.859. The number of likely N-dealkylation sites (N-methyl/N-ethyl adjacent to an activating group) is 1. The van der Waals surface area contributed by atoms with Gasteiger partial charge in [0.1, 0.15) is 11.5 Å². The van der Waals surface area contributed by atoms with E-state index in [0.29, 0.717) is 33.6 Å². The molecule has 0 atom stereocenters. The van der Waals surface area contributed by atoms with E-state index in [-0.39, 0.29) is 5.83 Å². The molecule has 122 valence electrons. The zero-order chi connectivity index (χ0) is 17.3. The SMILES string of the molecule is C=C1C(F)=CC(c2ccccc2)=C(c2ncc(Cl)cc2Cl)N1CC. The summed E-state index contributed by atoms with van der Waals surface area (Å²) in [7, 11) is 0. The number of benzene rings is 1. The van der Waals surface area contributed by atoms with Gasteiger partial charge in [-0.2, -0.15) is 0 Å². The first-order valence-corrected chi connectivity index (χ1v) is 8.23. The maximum atomic E-state index is 14.4. The van der Waals surface area contributed by atoms with Crippen LogP contribution in [0.1, 0.15) is 18.2 Å². The Kier molecular flexibility index (Phi) is 4.74. The zero-order valence-electron chi connectivity index (χ0n) is 13.1. The average Bonchev–Trinajstić information content (AvgIpc) is 2.58. The van der Waals surface area contributed by atoms with Gasteiger partial charge >= 0.3 is 0 Å². The highest BCUT2D eigenvalue weighted by Crippen LogP contribution is 2.41.